The van der Waals surface area contributed by atoms with Crippen LogP contribution in [-0.2, 0) is 10.0 Å². The number of H-pyrrole nitrogens is 1. The first-order valence-corrected chi connectivity index (χ1v) is 9.06. The lowest BCUT2D eigenvalue weighted by Crippen LogP contribution is -2.09. The van der Waals surface area contributed by atoms with Gasteiger partial charge in [-0.3, -0.25) is 9.52 Å². The van der Waals surface area contributed by atoms with E-state index in [0.29, 0.717) is 16.6 Å². The van der Waals surface area contributed by atoms with Crippen LogP contribution in [0.1, 0.15) is 10.4 Å². The molecule has 25 heavy (non-hydrogen) atoms. The van der Waals surface area contributed by atoms with Crippen molar-refractivity contribution in [2.24, 2.45) is 10.2 Å². The van der Waals surface area contributed by atoms with Crippen molar-refractivity contribution < 1.29 is 18.3 Å². The number of carbonyl (C=O) groups excluding carboxylic acids is 1. The van der Waals surface area contributed by atoms with Gasteiger partial charge in [0, 0.05) is 16.6 Å². The lowest BCUT2D eigenvalue weighted by atomic mass is 10.2. The molecule has 0 aliphatic heterocycles. The van der Waals surface area contributed by atoms with Gasteiger partial charge in [0.2, 0.25) is 15.9 Å². The Morgan fingerprint density at radius 2 is 1.80 bits per heavy atom. The average Bonchev–Trinajstić information content (AvgIpc) is 2.87. The number of aromatic amines is 1. The topological polar surface area (TPSA) is 124 Å². The zero-order chi connectivity index (χ0) is 18.0. The van der Waals surface area contributed by atoms with E-state index < -0.39 is 15.9 Å². The number of rotatable bonds is 4. The summed E-state index contributed by atoms with van der Waals surface area (Å²) in [5, 5.41) is 18.0. The second kappa shape index (κ2) is 6.36. The van der Waals surface area contributed by atoms with E-state index in [1.54, 1.807) is 24.3 Å². The highest BCUT2D eigenvalue weighted by Gasteiger charge is 2.11. The van der Waals surface area contributed by atoms with Crippen LogP contribution in [0.15, 0.2) is 58.8 Å². The van der Waals surface area contributed by atoms with Gasteiger partial charge in [0.1, 0.15) is 0 Å². The van der Waals surface area contributed by atoms with Crippen molar-refractivity contribution in [3.05, 3.63) is 54.1 Å². The van der Waals surface area contributed by atoms with Crippen LogP contribution >= 0.6 is 0 Å². The van der Waals surface area contributed by atoms with Gasteiger partial charge in [0.05, 0.1) is 11.8 Å². The molecule has 1 heterocycles. The third-order valence-corrected chi connectivity index (χ3v) is 3.94. The van der Waals surface area contributed by atoms with Gasteiger partial charge in [-0.1, -0.05) is 18.2 Å². The number of amides is 1. The first kappa shape index (κ1) is 16.7. The number of benzene rings is 2. The van der Waals surface area contributed by atoms with Gasteiger partial charge in [0.15, 0.2) is 5.69 Å². The summed E-state index contributed by atoms with van der Waals surface area (Å²) in [5.74, 6) is -0.791. The van der Waals surface area contributed by atoms with Crippen LogP contribution < -0.4 is 4.72 Å². The molecule has 0 bridgehead atoms. The molecule has 0 saturated carbocycles. The largest absolute Gasteiger partial charge is 0.493 e. The Balaban J connectivity index is 1.82. The second-order valence-electron chi connectivity index (χ2n) is 5.32. The predicted octanol–water partition coefficient (Wildman–Crippen LogP) is 3.17. The molecule has 0 aliphatic rings. The van der Waals surface area contributed by atoms with E-state index in [1.165, 1.54) is 24.3 Å². The number of nitrogens with one attached hydrogen (secondary N) is 2. The van der Waals surface area contributed by atoms with Crippen LogP contribution in [0.2, 0.25) is 0 Å². The highest BCUT2D eigenvalue weighted by atomic mass is 32.2. The van der Waals surface area contributed by atoms with Crippen LogP contribution in [0.3, 0.4) is 0 Å². The molecule has 0 radical (unpaired) electrons. The molecule has 128 valence electrons. The lowest BCUT2D eigenvalue weighted by molar-refractivity contribution is 0.0995. The Kier molecular flexibility index (Phi) is 4.24. The Morgan fingerprint density at radius 1 is 1.12 bits per heavy atom. The fourth-order valence-corrected chi connectivity index (χ4v) is 2.83. The van der Waals surface area contributed by atoms with Gasteiger partial charge < -0.3 is 10.1 Å². The number of aromatic hydroxyl groups is 1. The molecule has 0 unspecified atom stereocenters. The smallest absolute Gasteiger partial charge is 0.295 e. The third kappa shape index (κ3) is 3.83. The van der Waals surface area contributed by atoms with Gasteiger partial charge in [-0.15, -0.1) is 10.2 Å². The number of aromatic nitrogens is 1. The van der Waals surface area contributed by atoms with Crippen LogP contribution in [0.25, 0.3) is 10.9 Å². The van der Waals surface area contributed by atoms with Crippen molar-refractivity contribution in [1.29, 1.82) is 0 Å². The summed E-state index contributed by atoms with van der Waals surface area (Å²) in [4.78, 5) is 14.8. The minimum Gasteiger partial charge on any atom is -0.493 e. The molecule has 3 N–H and O–H groups in total. The minimum absolute atomic E-state index is 0.176. The normalized spacial score (nSPS) is 11.9. The zero-order valence-electron chi connectivity index (χ0n) is 13.1. The summed E-state index contributed by atoms with van der Waals surface area (Å²) >= 11 is 0. The molecule has 0 atom stereocenters. The van der Waals surface area contributed by atoms with E-state index in [1.807, 2.05) is 0 Å². The number of fused-ring (bicyclic) bond motifs is 1. The molecular formula is C16H14N4O4S. The van der Waals surface area contributed by atoms with E-state index in [0.717, 1.165) is 6.26 Å². The van der Waals surface area contributed by atoms with Crippen molar-refractivity contribution in [3.63, 3.8) is 0 Å². The number of hydrogen-bond acceptors (Lipinski definition) is 5. The molecule has 0 aliphatic carbocycles. The molecule has 1 aromatic heterocycles. The van der Waals surface area contributed by atoms with Crippen LogP contribution in [0.5, 0.6) is 5.88 Å². The monoisotopic (exact) mass is 358 g/mol. The Hall–Kier alpha value is -3.20. The van der Waals surface area contributed by atoms with Gasteiger partial charge in [-0.05, 0) is 30.3 Å². The summed E-state index contributed by atoms with van der Waals surface area (Å²) in [6, 6.07) is 12.9. The van der Waals surface area contributed by atoms with Gasteiger partial charge in [-0.25, -0.2) is 8.42 Å². The summed E-state index contributed by atoms with van der Waals surface area (Å²) < 4.78 is 24.6. The summed E-state index contributed by atoms with van der Waals surface area (Å²) in [7, 11) is -3.38. The summed E-state index contributed by atoms with van der Waals surface area (Å²) in [6.45, 7) is 0. The van der Waals surface area contributed by atoms with Crippen molar-refractivity contribution >= 4 is 38.2 Å². The molecule has 1 amide bonds. The quantitative estimate of drug-likeness (QED) is 0.620. The maximum Gasteiger partial charge on any atom is 0.295 e. The Labute approximate surface area is 143 Å². The maximum absolute atomic E-state index is 12.1. The van der Waals surface area contributed by atoms with Crippen LogP contribution in [-0.4, -0.2) is 30.7 Å². The number of nitrogens with zero attached hydrogens (tertiary/aromatic N) is 2. The fraction of sp³-hybridized carbons (Fsp3) is 0.0625. The van der Waals surface area contributed by atoms with E-state index in [4.69, 9.17) is 0 Å². The number of hydrogen-bond donors (Lipinski definition) is 3. The van der Waals surface area contributed by atoms with Crippen molar-refractivity contribution in [2.45, 2.75) is 0 Å². The molecule has 0 spiro atoms. The lowest BCUT2D eigenvalue weighted by Gasteiger charge is -2.03. The fourth-order valence-electron chi connectivity index (χ4n) is 2.26. The van der Waals surface area contributed by atoms with Crippen molar-refractivity contribution in [1.82, 2.24) is 4.98 Å². The highest BCUT2D eigenvalue weighted by Crippen LogP contribution is 2.35. The van der Waals surface area contributed by atoms with E-state index in [-0.39, 0.29) is 17.1 Å². The summed E-state index contributed by atoms with van der Waals surface area (Å²) in [5.41, 5.74) is 1.43. The molecule has 3 aromatic rings. The number of carbonyl (C=O) groups is 1. The Bertz CT molecular complexity index is 1070. The molecule has 3 rings (SSSR count). The van der Waals surface area contributed by atoms with Crippen LogP contribution in [0.4, 0.5) is 11.4 Å². The molecule has 8 nitrogen and oxygen atoms in total. The molecule has 0 fully saturated rings. The first-order valence-electron chi connectivity index (χ1n) is 7.17. The number of para-hydroxylation sites is 1. The molecule has 0 saturated heterocycles. The predicted molar refractivity (Wildman–Crippen MR) is 93.7 cm³/mol. The van der Waals surface area contributed by atoms with Crippen molar-refractivity contribution in [3.8, 4) is 5.88 Å². The summed E-state index contributed by atoms with van der Waals surface area (Å²) in [6.07, 6.45) is 1.04. The van der Waals surface area contributed by atoms with E-state index in [9.17, 15) is 18.3 Å². The van der Waals surface area contributed by atoms with Gasteiger partial charge in [0.25, 0.3) is 5.91 Å². The number of anilines is 1. The van der Waals surface area contributed by atoms with Gasteiger partial charge >= 0.3 is 0 Å². The van der Waals surface area contributed by atoms with E-state index in [2.05, 4.69) is 19.9 Å². The average molecular weight is 358 g/mol. The maximum atomic E-state index is 12.1. The number of sulfonamides is 1. The Morgan fingerprint density at radius 3 is 2.48 bits per heavy atom. The molecule has 9 heteroatoms. The van der Waals surface area contributed by atoms with Crippen LogP contribution in [0, 0.1) is 0 Å². The highest BCUT2D eigenvalue weighted by molar-refractivity contribution is 7.92. The standard InChI is InChI=1S/C16H14N4O4S/c1-25(23,24)20-11-8-6-10(7-9-11)15(21)19-18-14-12-4-2-3-5-13(12)17-16(14)22/h2-9,17,20,22H,1H3. The SMILES string of the molecule is CS(=O)(=O)Nc1ccc(C(=O)N=Nc2c(O)[nH]c3ccccc23)cc1. The minimum atomic E-state index is -3.38. The second-order valence-corrected chi connectivity index (χ2v) is 7.07. The molecular weight excluding hydrogens is 344 g/mol. The zero-order valence-corrected chi connectivity index (χ0v) is 13.9. The molecule has 2 aromatic carbocycles. The number of azo groups is 1. The van der Waals surface area contributed by atoms with Gasteiger partial charge in [-0.2, -0.15) is 0 Å². The van der Waals surface area contributed by atoms with E-state index >= 15 is 0 Å². The van der Waals surface area contributed by atoms with Crippen molar-refractivity contribution in [2.75, 3.05) is 11.0 Å². The third-order valence-electron chi connectivity index (χ3n) is 3.34. The first-order chi connectivity index (χ1) is 11.8.